The summed E-state index contributed by atoms with van der Waals surface area (Å²) in [5.74, 6) is 0.987. The zero-order valence-corrected chi connectivity index (χ0v) is 11.1. The maximum absolute atomic E-state index is 4.01. The van der Waals surface area contributed by atoms with Crippen molar-refractivity contribution in [2.45, 2.75) is 64.5 Å². The first-order valence-electron chi connectivity index (χ1n) is 7.05. The SMILES string of the molecule is CCCC1CCC(NC(C)c2ccn[nH]2)CC1. The molecule has 1 aliphatic rings. The van der Waals surface area contributed by atoms with Crippen molar-refractivity contribution >= 4 is 0 Å². The van der Waals surface area contributed by atoms with Gasteiger partial charge in [0.05, 0.1) is 5.69 Å². The lowest BCUT2D eigenvalue weighted by Gasteiger charge is -2.30. The molecule has 0 amide bonds. The van der Waals surface area contributed by atoms with E-state index < -0.39 is 0 Å². The van der Waals surface area contributed by atoms with Crippen molar-refractivity contribution in [3.8, 4) is 0 Å². The highest BCUT2D eigenvalue weighted by atomic mass is 15.1. The highest BCUT2D eigenvalue weighted by molar-refractivity contribution is 5.03. The normalized spacial score (nSPS) is 26.9. The molecule has 0 aromatic carbocycles. The maximum atomic E-state index is 4.01. The first-order valence-corrected chi connectivity index (χ1v) is 7.05. The van der Waals surface area contributed by atoms with Crippen LogP contribution in [0, 0.1) is 5.92 Å². The van der Waals surface area contributed by atoms with E-state index in [1.807, 2.05) is 6.20 Å². The molecule has 2 rings (SSSR count). The van der Waals surface area contributed by atoms with E-state index >= 15 is 0 Å². The van der Waals surface area contributed by atoms with Gasteiger partial charge in [0.1, 0.15) is 0 Å². The van der Waals surface area contributed by atoms with Crippen LogP contribution >= 0.6 is 0 Å². The summed E-state index contributed by atoms with van der Waals surface area (Å²) in [5, 5.41) is 10.8. The minimum atomic E-state index is 0.394. The third kappa shape index (κ3) is 3.56. The number of nitrogens with one attached hydrogen (secondary N) is 2. The highest BCUT2D eigenvalue weighted by Gasteiger charge is 2.22. The molecule has 0 bridgehead atoms. The number of aromatic amines is 1. The lowest BCUT2D eigenvalue weighted by atomic mass is 9.83. The molecule has 1 atom stereocenters. The zero-order chi connectivity index (χ0) is 12.1. The first-order chi connectivity index (χ1) is 8.29. The van der Waals surface area contributed by atoms with Gasteiger partial charge in [-0.05, 0) is 44.6 Å². The van der Waals surface area contributed by atoms with Gasteiger partial charge in [0, 0.05) is 18.3 Å². The molecule has 0 saturated heterocycles. The largest absolute Gasteiger partial charge is 0.306 e. The molecule has 1 aromatic heterocycles. The molecule has 0 radical (unpaired) electrons. The van der Waals surface area contributed by atoms with Crippen molar-refractivity contribution in [3.05, 3.63) is 18.0 Å². The van der Waals surface area contributed by atoms with Crippen LogP contribution in [0.25, 0.3) is 0 Å². The average molecular weight is 235 g/mol. The van der Waals surface area contributed by atoms with Crippen LogP contribution in [0.4, 0.5) is 0 Å². The Morgan fingerprint density at radius 3 is 2.76 bits per heavy atom. The number of nitrogens with zero attached hydrogens (tertiary/aromatic N) is 1. The molecule has 0 aliphatic heterocycles. The smallest absolute Gasteiger partial charge is 0.0518 e. The van der Waals surface area contributed by atoms with Gasteiger partial charge < -0.3 is 5.32 Å². The molecule has 1 fully saturated rings. The summed E-state index contributed by atoms with van der Waals surface area (Å²) in [7, 11) is 0. The van der Waals surface area contributed by atoms with Crippen molar-refractivity contribution in [2.24, 2.45) is 5.92 Å². The molecule has 3 nitrogen and oxygen atoms in total. The quantitative estimate of drug-likeness (QED) is 0.821. The summed E-state index contributed by atoms with van der Waals surface area (Å²) < 4.78 is 0. The molecule has 2 N–H and O–H groups in total. The lowest BCUT2D eigenvalue weighted by Crippen LogP contribution is -2.35. The van der Waals surface area contributed by atoms with Gasteiger partial charge in [-0.1, -0.05) is 19.8 Å². The van der Waals surface area contributed by atoms with Gasteiger partial charge in [-0.25, -0.2) is 0 Å². The van der Waals surface area contributed by atoms with E-state index in [-0.39, 0.29) is 0 Å². The fourth-order valence-corrected chi connectivity index (χ4v) is 2.98. The van der Waals surface area contributed by atoms with Gasteiger partial charge in [0.25, 0.3) is 0 Å². The van der Waals surface area contributed by atoms with Gasteiger partial charge in [0.15, 0.2) is 0 Å². The highest BCUT2D eigenvalue weighted by Crippen LogP contribution is 2.28. The van der Waals surface area contributed by atoms with Gasteiger partial charge in [-0.15, -0.1) is 0 Å². The minimum Gasteiger partial charge on any atom is -0.306 e. The van der Waals surface area contributed by atoms with E-state index in [9.17, 15) is 0 Å². The van der Waals surface area contributed by atoms with Crippen LogP contribution in [0.5, 0.6) is 0 Å². The summed E-state index contributed by atoms with van der Waals surface area (Å²) in [6.07, 6.45) is 10.1. The predicted octanol–water partition coefficient (Wildman–Crippen LogP) is 3.42. The molecule has 1 aromatic rings. The molecule has 1 heterocycles. The predicted molar refractivity (Wildman–Crippen MR) is 70.8 cm³/mol. The lowest BCUT2D eigenvalue weighted by molar-refractivity contribution is 0.265. The van der Waals surface area contributed by atoms with Crippen LogP contribution in [-0.4, -0.2) is 16.2 Å². The van der Waals surface area contributed by atoms with E-state index in [2.05, 4.69) is 35.4 Å². The molecule has 1 aliphatic carbocycles. The van der Waals surface area contributed by atoms with Gasteiger partial charge in [-0.2, -0.15) is 5.10 Å². The maximum Gasteiger partial charge on any atom is 0.0518 e. The Morgan fingerprint density at radius 1 is 1.41 bits per heavy atom. The van der Waals surface area contributed by atoms with E-state index in [0.717, 1.165) is 5.92 Å². The third-order valence-corrected chi connectivity index (χ3v) is 4.02. The van der Waals surface area contributed by atoms with E-state index in [0.29, 0.717) is 12.1 Å². The van der Waals surface area contributed by atoms with Gasteiger partial charge in [0.2, 0.25) is 0 Å². The van der Waals surface area contributed by atoms with Crippen molar-refractivity contribution < 1.29 is 0 Å². The van der Waals surface area contributed by atoms with Crippen LogP contribution in [0.3, 0.4) is 0 Å². The molecule has 0 spiro atoms. The van der Waals surface area contributed by atoms with Crippen LogP contribution in [-0.2, 0) is 0 Å². The van der Waals surface area contributed by atoms with Crippen molar-refractivity contribution in [1.82, 2.24) is 15.5 Å². The Morgan fingerprint density at radius 2 is 2.18 bits per heavy atom. The van der Waals surface area contributed by atoms with Crippen LogP contribution in [0.1, 0.15) is 64.1 Å². The standard InChI is InChI=1S/C14H25N3/c1-3-4-12-5-7-13(8-6-12)16-11(2)14-9-10-15-17-14/h9-13,16H,3-8H2,1-2H3,(H,15,17). The average Bonchev–Trinajstić information content (AvgIpc) is 2.86. The Bertz CT molecular complexity index is 299. The Balaban J connectivity index is 1.74. The Hall–Kier alpha value is -0.830. The minimum absolute atomic E-state index is 0.394. The summed E-state index contributed by atoms with van der Waals surface area (Å²) in [5.41, 5.74) is 1.20. The monoisotopic (exact) mass is 235 g/mol. The zero-order valence-electron chi connectivity index (χ0n) is 11.1. The molecule has 96 valence electrons. The Labute approximate surface area is 104 Å². The second-order valence-corrected chi connectivity index (χ2v) is 5.41. The number of H-pyrrole nitrogens is 1. The second kappa shape index (κ2) is 6.20. The topological polar surface area (TPSA) is 40.7 Å². The molecular weight excluding hydrogens is 210 g/mol. The molecule has 3 heteroatoms. The second-order valence-electron chi connectivity index (χ2n) is 5.41. The number of aromatic nitrogens is 2. The molecular formula is C14H25N3. The summed E-state index contributed by atoms with van der Waals surface area (Å²) in [4.78, 5) is 0. The fraction of sp³-hybridized carbons (Fsp3) is 0.786. The fourth-order valence-electron chi connectivity index (χ4n) is 2.98. The number of hydrogen-bond acceptors (Lipinski definition) is 2. The van der Waals surface area contributed by atoms with Crippen molar-refractivity contribution in [1.29, 1.82) is 0 Å². The molecule has 17 heavy (non-hydrogen) atoms. The van der Waals surface area contributed by atoms with Crippen molar-refractivity contribution in [2.75, 3.05) is 0 Å². The molecule has 1 unspecified atom stereocenters. The Kier molecular flexibility index (Phi) is 4.60. The summed E-state index contributed by atoms with van der Waals surface area (Å²) in [6, 6.07) is 3.15. The van der Waals surface area contributed by atoms with Gasteiger partial charge in [-0.3, -0.25) is 5.10 Å². The van der Waals surface area contributed by atoms with E-state index in [4.69, 9.17) is 0 Å². The first kappa shape index (κ1) is 12.6. The number of rotatable bonds is 5. The molecule has 1 saturated carbocycles. The number of hydrogen-bond donors (Lipinski definition) is 2. The van der Waals surface area contributed by atoms with Crippen LogP contribution < -0.4 is 5.32 Å². The summed E-state index contributed by atoms with van der Waals surface area (Å²) >= 11 is 0. The van der Waals surface area contributed by atoms with Crippen LogP contribution in [0.15, 0.2) is 12.3 Å². The summed E-state index contributed by atoms with van der Waals surface area (Å²) in [6.45, 7) is 4.51. The van der Waals surface area contributed by atoms with E-state index in [1.165, 1.54) is 44.2 Å². The van der Waals surface area contributed by atoms with Crippen molar-refractivity contribution in [3.63, 3.8) is 0 Å². The van der Waals surface area contributed by atoms with E-state index in [1.54, 1.807) is 0 Å². The van der Waals surface area contributed by atoms with Crippen LogP contribution in [0.2, 0.25) is 0 Å². The van der Waals surface area contributed by atoms with Gasteiger partial charge >= 0.3 is 0 Å². The third-order valence-electron chi connectivity index (χ3n) is 4.02.